The Morgan fingerprint density at radius 2 is 1.80 bits per heavy atom. The van der Waals surface area contributed by atoms with Crippen LogP contribution < -0.4 is 0 Å². The molecule has 0 bridgehead atoms. The van der Waals surface area contributed by atoms with E-state index in [0.29, 0.717) is 0 Å². The van der Waals surface area contributed by atoms with Gasteiger partial charge in [0, 0.05) is 32.7 Å². The van der Waals surface area contributed by atoms with E-state index in [1.165, 1.54) is 6.08 Å². The molecule has 0 saturated heterocycles. The zero-order valence-electron chi connectivity index (χ0n) is 7.02. The third-order valence-electron chi connectivity index (χ3n) is 1.26. The van der Waals surface area contributed by atoms with E-state index in [0.717, 1.165) is 5.57 Å². The first-order valence-corrected chi connectivity index (χ1v) is 3.06. The van der Waals surface area contributed by atoms with Gasteiger partial charge in [-0.25, -0.2) is 24.6 Å². The van der Waals surface area contributed by atoms with E-state index >= 15 is 0 Å². The summed E-state index contributed by atoms with van der Waals surface area (Å²) >= 11 is 0. The van der Waals surface area contributed by atoms with Crippen molar-refractivity contribution in [3.8, 4) is 0 Å². The van der Waals surface area contributed by atoms with Crippen molar-refractivity contribution in [2.24, 2.45) is 5.41 Å². The SMILES string of the molecule is [CH-]=C/C=C(\[CH2-])C(C)(C)C.[Y]. The van der Waals surface area contributed by atoms with Gasteiger partial charge in [0.05, 0.1) is 0 Å². The van der Waals surface area contributed by atoms with Crippen molar-refractivity contribution in [1.29, 1.82) is 0 Å². The first-order valence-electron chi connectivity index (χ1n) is 3.06. The van der Waals surface area contributed by atoms with Crippen LogP contribution in [0.4, 0.5) is 0 Å². The fourth-order valence-corrected chi connectivity index (χ4v) is 0.366. The Balaban J connectivity index is 0. The molecule has 0 heterocycles. The summed E-state index contributed by atoms with van der Waals surface area (Å²) in [6.07, 6.45) is 3.35. The van der Waals surface area contributed by atoms with Crippen molar-refractivity contribution in [3.05, 3.63) is 31.2 Å². The third-order valence-corrected chi connectivity index (χ3v) is 1.26. The van der Waals surface area contributed by atoms with E-state index in [1.54, 1.807) is 0 Å². The second-order valence-electron chi connectivity index (χ2n) is 3.13. The molecule has 1 heteroatoms. The normalized spacial score (nSPS) is 12.1. The summed E-state index contributed by atoms with van der Waals surface area (Å²) in [7, 11) is 0. The van der Waals surface area contributed by atoms with Gasteiger partial charge in [-0.2, -0.15) is 0 Å². The van der Waals surface area contributed by atoms with Crippen molar-refractivity contribution >= 4 is 0 Å². The molecule has 0 aliphatic rings. The smallest absolute Gasteiger partial charge is 0 e. The van der Waals surface area contributed by atoms with E-state index < -0.39 is 0 Å². The van der Waals surface area contributed by atoms with Crippen molar-refractivity contribution in [2.45, 2.75) is 20.8 Å². The molecule has 1 radical (unpaired) electrons. The van der Waals surface area contributed by atoms with Crippen molar-refractivity contribution in [2.75, 3.05) is 0 Å². The second-order valence-corrected chi connectivity index (χ2v) is 3.13. The first kappa shape index (κ1) is 13.1. The Hall–Kier alpha value is 0.454. The van der Waals surface area contributed by atoms with Gasteiger partial charge >= 0.3 is 0 Å². The Morgan fingerprint density at radius 1 is 1.40 bits per heavy atom. The van der Waals surface area contributed by atoms with Crippen LogP contribution in [0.2, 0.25) is 0 Å². The van der Waals surface area contributed by atoms with Crippen LogP contribution in [0, 0.1) is 18.9 Å². The van der Waals surface area contributed by atoms with Crippen molar-refractivity contribution < 1.29 is 32.7 Å². The number of hydrogen-bond acceptors (Lipinski definition) is 0. The molecule has 55 valence electrons. The summed E-state index contributed by atoms with van der Waals surface area (Å²) in [5, 5.41) is 0. The summed E-state index contributed by atoms with van der Waals surface area (Å²) in [4.78, 5) is 0. The number of allylic oxidation sites excluding steroid dienone is 3. The summed E-state index contributed by atoms with van der Waals surface area (Å²) < 4.78 is 0. The van der Waals surface area contributed by atoms with Crippen molar-refractivity contribution in [1.82, 2.24) is 0 Å². The largest absolute Gasteiger partial charge is 0.293 e. The predicted octanol–water partition coefficient (Wildman–Crippen LogP) is 2.78. The summed E-state index contributed by atoms with van der Waals surface area (Å²) in [6.45, 7) is 15.4. The molecule has 0 spiro atoms. The molecule has 0 fully saturated rings. The Labute approximate surface area is 89.7 Å². The number of hydrogen-bond donors (Lipinski definition) is 0. The average Bonchev–Trinajstić information content (AvgIpc) is 1.64. The molecule has 10 heavy (non-hydrogen) atoms. The minimum absolute atomic E-state index is 0. The molecule has 0 N–H and O–H groups in total. The minimum Gasteiger partial charge on any atom is -0.293 e. The standard InChI is InChI=1S/C9H14.Y/c1-6-7-8(2)9(3,4)5;/h1,6-7H,2H2,3-5H3;/q-2;/b8-7+;. The van der Waals surface area contributed by atoms with E-state index in [2.05, 4.69) is 27.7 Å². The van der Waals surface area contributed by atoms with Gasteiger partial charge in [-0.15, -0.1) is 0 Å². The van der Waals surface area contributed by atoms with Crippen LogP contribution in [-0.2, 0) is 32.7 Å². The zero-order chi connectivity index (χ0) is 7.49. The molecule has 0 nitrogen and oxygen atoms in total. The van der Waals surface area contributed by atoms with Gasteiger partial charge in [0.1, 0.15) is 0 Å². The van der Waals surface area contributed by atoms with E-state index in [-0.39, 0.29) is 38.1 Å². The molecule has 0 aliphatic heterocycles. The van der Waals surface area contributed by atoms with Crippen LogP contribution in [0.25, 0.3) is 0 Å². The van der Waals surface area contributed by atoms with Gasteiger partial charge in [0.2, 0.25) is 0 Å². The van der Waals surface area contributed by atoms with E-state index in [1.807, 2.05) is 6.08 Å². The molecule has 0 unspecified atom stereocenters. The molecule has 0 rings (SSSR count). The fraction of sp³-hybridized carbons (Fsp3) is 0.444. The third kappa shape index (κ3) is 5.26. The summed E-state index contributed by atoms with van der Waals surface area (Å²) in [5.74, 6) is 0. The monoisotopic (exact) mass is 211 g/mol. The fourth-order valence-electron chi connectivity index (χ4n) is 0.366. The van der Waals surface area contributed by atoms with E-state index in [4.69, 9.17) is 6.58 Å². The summed E-state index contributed by atoms with van der Waals surface area (Å²) in [6, 6.07) is 0. The maximum Gasteiger partial charge on any atom is 0 e. The van der Waals surface area contributed by atoms with Gasteiger partial charge < -0.3 is 0 Å². The first-order chi connectivity index (χ1) is 3.98. The summed E-state index contributed by atoms with van der Waals surface area (Å²) in [5.41, 5.74) is 1.21. The van der Waals surface area contributed by atoms with Crippen LogP contribution in [0.15, 0.2) is 17.7 Å². The van der Waals surface area contributed by atoms with Crippen LogP contribution in [0.3, 0.4) is 0 Å². The van der Waals surface area contributed by atoms with Gasteiger partial charge in [0.25, 0.3) is 0 Å². The predicted molar refractivity (Wildman–Crippen MR) is 41.8 cm³/mol. The molecule has 0 aromatic rings. The average molecular weight is 211 g/mol. The zero-order valence-corrected chi connectivity index (χ0v) is 9.85. The topological polar surface area (TPSA) is 0 Å². The maximum absolute atomic E-state index is 5.18. The van der Waals surface area contributed by atoms with Gasteiger partial charge in [0.15, 0.2) is 0 Å². The molecule has 0 saturated carbocycles. The Kier molecular flexibility index (Phi) is 6.73. The molecular weight excluding hydrogens is 197 g/mol. The van der Waals surface area contributed by atoms with Crippen molar-refractivity contribution in [3.63, 3.8) is 0 Å². The minimum atomic E-state index is 0. The maximum atomic E-state index is 5.18. The van der Waals surface area contributed by atoms with Gasteiger partial charge in [-0.1, -0.05) is 20.8 Å². The number of rotatable bonds is 1. The molecule has 0 amide bonds. The van der Waals surface area contributed by atoms with Crippen LogP contribution in [0.5, 0.6) is 0 Å². The molecule has 0 aliphatic carbocycles. The quantitative estimate of drug-likeness (QED) is 0.462. The van der Waals surface area contributed by atoms with Crippen LogP contribution in [-0.4, -0.2) is 0 Å². The molecular formula is C9H14Y-2. The molecule has 0 atom stereocenters. The second kappa shape index (κ2) is 5.15. The molecule has 0 aromatic heterocycles. The van der Waals surface area contributed by atoms with Crippen LogP contribution in [0.1, 0.15) is 20.8 Å². The van der Waals surface area contributed by atoms with Gasteiger partial charge in [-0.05, 0) is 5.41 Å². The van der Waals surface area contributed by atoms with Crippen LogP contribution >= 0.6 is 0 Å². The Bertz CT molecular complexity index is 126. The molecule has 0 aromatic carbocycles. The van der Waals surface area contributed by atoms with Gasteiger partial charge in [-0.3, -0.25) is 6.58 Å². The van der Waals surface area contributed by atoms with E-state index in [9.17, 15) is 0 Å². The Morgan fingerprint density at radius 3 is 1.90 bits per heavy atom.